The maximum atomic E-state index is 11.2. The zero-order valence-corrected chi connectivity index (χ0v) is 12.5. The van der Waals surface area contributed by atoms with Crippen molar-refractivity contribution in [3.63, 3.8) is 0 Å². The Kier molecular flexibility index (Phi) is 3.74. The third-order valence-corrected chi connectivity index (χ3v) is 3.78. The molecule has 0 saturated heterocycles. The summed E-state index contributed by atoms with van der Waals surface area (Å²) in [6, 6.07) is 0.0917. The third kappa shape index (κ3) is 2.63. The van der Waals surface area contributed by atoms with Gasteiger partial charge in [-0.1, -0.05) is 13.8 Å². The Balaban J connectivity index is 1.81. The molecule has 0 amide bonds. The van der Waals surface area contributed by atoms with Gasteiger partial charge >= 0.3 is 5.97 Å². The number of aromatic nitrogens is 5. The van der Waals surface area contributed by atoms with Crippen LogP contribution in [0, 0.1) is 0 Å². The van der Waals surface area contributed by atoms with Crippen LogP contribution in [0.3, 0.4) is 0 Å². The van der Waals surface area contributed by atoms with Crippen molar-refractivity contribution in [2.75, 3.05) is 5.32 Å². The molecule has 0 aliphatic carbocycles. The molecular formula is C14H18N6O2. The van der Waals surface area contributed by atoms with Gasteiger partial charge in [0, 0.05) is 31.1 Å². The Labute approximate surface area is 127 Å². The molecule has 3 rings (SSSR count). The average molecular weight is 302 g/mol. The fourth-order valence-corrected chi connectivity index (χ4v) is 2.69. The molecule has 0 saturated carbocycles. The first kappa shape index (κ1) is 14.4. The SMILES string of the molecule is CC(C)c1nnc2n1CC(Nc1ncncc1C(=O)O)CC2. The quantitative estimate of drug-likeness (QED) is 0.877. The zero-order valence-electron chi connectivity index (χ0n) is 12.5. The predicted molar refractivity (Wildman–Crippen MR) is 78.8 cm³/mol. The fraction of sp³-hybridized carbons (Fsp3) is 0.500. The van der Waals surface area contributed by atoms with Crippen LogP contribution in [0.2, 0.25) is 0 Å². The molecule has 8 heteroatoms. The highest BCUT2D eigenvalue weighted by molar-refractivity contribution is 5.92. The number of carboxylic acid groups (broad SMARTS) is 1. The summed E-state index contributed by atoms with van der Waals surface area (Å²) >= 11 is 0. The van der Waals surface area contributed by atoms with E-state index in [-0.39, 0.29) is 11.6 Å². The predicted octanol–water partition coefficient (Wildman–Crippen LogP) is 1.32. The van der Waals surface area contributed by atoms with Gasteiger partial charge in [0.1, 0.15) is 29.4 Å². The summed E-state index contributed by atoms with van der Waals surface area (Å²) in [5.41, 5.74) is 0.0844. The van der Waals surface area contributed by atoms with Crippen LogP contribution < -0.4 is 5.32 Å². The monoisotopic (exact) mass is 302 g/mol. The van der Waals surface area contributed by atoms with Gasteiger partial charge in [0.2, 0.25) is 0 Å². The number of rotatable bonds is 4. The first-order chi connectivity index (χ1) is 10.6. The molecule has 1 unspecified atom stereocenters. The summed E-state index contributed by atoms with van der Waals surface area (Å²) in [5, 5.41) is 20.9. The highest BCUT2D eigenvalue weighted by atomic mass is 16.4. The first-order valence-corrected chi connectivity index (χ1v) is 7.28. The minimum absolute atomic E-state index is 0.0844. The second-order valence-electron chi connectivity index (χ2n) is 5.71. The molecule has 22 heavy (non-hydrogen) atoms. The van der Waals surface area contributed by atoms with Gasteiger partial charge in [0.25, 0.3) is 0 Å². The van der Waals surface area contributed by atoms with Crippen molar-refractivity contribution in [2.45, 2.75) is 45.2 Å². The Bertz CT molecular complexity index is 696. The molecule has 116 valence electrons. The van der Waals surface area contributed by atoms with E-state index in [1.165, 1.54) is 12.5 Å². The Morgan fingerprint density at radius 1 is 1.45 bits per heavy atom. The number of carboxylic acids is 1. The summed E-state index contributed by atoms with van der Waals surface area (Å²) in [4.78, 5) is 19.0. The van der Waals surface area contributed by atoms with Crippen LogP contribution in [0.4, 0.5) is 5.82 Å². The number of hydrogen-bond donors (Lipinski definition) is 2. The van der Waals surface area contributed by atoms with E-state index < -0.39 is 5.97 Å². The van der Waals surface area contributed by atoms with Gasteiger partial charge in [-0.25, -0.2) is 14.8 Å². The number of hydrogen-bond acceptors (Lipinski definition) is 6. The molecule has 2 aromatic rings. The molecule has 3 heterocycles. The van der Waals surface area contributed by atoms with Crippen molar-refractivity contribution in [1.29, 1.82) is 0 Å². The number of nitrogens with zero attached hydrogens (tertiary/aromatic N) is 5. The van der Waals surface area contributed by atoms with E-state index in [4.69, 9.17) is 0 Å². The van der Waals surface area contributed by atoms with Crippen LogP contribution in [0.25, 0.3) is 0 Å². The van der Waals surface area contributed by atoms with Crippen molar-refractivity contribution < 1.29 is 9.90 Å². The van der Waals surface area contributed by atoms with E-state index in [9.17, 15) is 9.90 Å². The number of fused-ring (bicyclic) bond motifs is 1. The second kappa shape index (κ2) is 5.70. The Hall–Kier alpha value is -2.51. The summed E-state index contributed by atoms with van der Waals surface area (Å²) < 4.78 is 2.12. The highest BCUT2D eigenvalue weighted by Gasteiger charge is 2.25. The standard InChI is InChI=1S/C14H18N6O2/c1-8(2)13-19-18-11-4-3-9(6-20(11)13)17-12-10(14(21)22)5-15-7-16-12/h5,7-9H,3-4,6H2,1-2H3,(H,21,22)(H,15,16,17). The van der Waals surface area contributed by atoms with E-state index in [0.29, 0.717) is 18.3 Å². The van der Waals surface area contributed by atoms with Gasteiger partial charge < -0.3 is 15.0 Å². The molecule has 0 aromatic carbocycles. The van der Waals surface area contributed by atoms with Crippen molar-refractivity contribution in [2.24, 2.45) is 0 Å². The van der Waals surface area contributed by atoms with Crippen molar-refractivity contribution in [3.8, 4) is 0 Å². The topological polar surface area (TPSA) is 106 Å². The summed E-state index contributed by atoms with van der Waals surface area (Å²) in [5.74, 6) is 1.57. The molecule has 1 aliphatic rings. The maximum Gasteiger partial charge on any atom is 0.341 e. The molecule has 0 spiro atoms. The van der Waals surface area contributed by atoms with Gasteiger partial charge in [-0.05, 0) is 6.42 Å². The molecular weight excluding hydrogens is 284 g/mol. The number of aromatic carboxylic acids is 1. The molecule has 0 radical (unpaired) electrons. The minimum Gasteiger partial charge on any atom is -0.477 e. The molecule has 1 atom stereocenters. The van der Waals surface area contributed by atoms with Crippen LogP contribution in [-0.4, -0.2) is 41.9 Å². The van der Waals surface area contributed by atoms with Gasteiger partial charge in [0.05, 0.1) is 0 Å². The van der Waals surface area contributed by atoms with Crippen molar-refractivity contribution in [1.82, 2.24) is 24.7 Å². The number of carbonyl (C=O) groups is 1. The molecule has 2 N–H and O–H groups in total. The van der Waals surface area contributed by atoms with Crippen molar-refractivity contribution in [3.05, 3.63) is 29.7 Å². The molecule has 0 bridgehead atoms. The second-order valence-corrected chi connectivity index (χ2v) is 5.71. The third-order valence-electron chi connectivity index (χ3n) is 3.78. The Morgan fingerprint density at radius 3 is 3.00 bits per heavy atom. The minimum atomic E-state index is -1.04. The first-order valence-electron chi connectivity index (χ1n) is 7.28. The van der Waals surface area contributed by atoms with E-state index in [1.807, 2.05) is 0 Å². The van der Waals surface area contributed by atoms with E-state index in [1.54, 1.807) is 0 Å². The zero-order chi connectivity index (χ0) is 15.7. The largest absolute Gasteiger partial charge is 0.477 e. The lowest BCUT2D eigenvalue weighted by atomic mass is 10.1. The smallest absolute Gasteiger partial charge is 0.341 e. The number of aryl methyl sites for hydroxylation is 1. The lowest BCUT2D eigenvalue weighted by molar-refractivity contribution is 0.0697. The molecule has 8 nitrogen and oxygen atoms in total. The number of anilines is 1. The lowest BCUT2D eigenvalue weighted by Crippen LogP contribution is -2.33. The average Bonchev–Trinajstić information content (AvgIpc) is 2.91. The van der Waals surface area contributed by atoms with E-state index >= 15 is 0 Å². The molecule has 2 aromatic heterocycles. The maximum absolute atomic E-state index is 11.2. The van der Waals surface area contributed by atoms with Crippen LogP contribution in [0.1, 0.15) is 48.2 Å². The normalized spacial score (nSPS) is 17.3. The van der Waals surface area contributed by atoms with Gasteiger partial charge in [-0.15, -0.1) is 10.2 Å². The van der Waals surface area contributed by atoms with Crippen LogP contribution in [-0.2, 0) is 13.0 Å². The van der Waals surface area contributed by atoms with Gasteiger partial charge in [-0.3, -0.25) is 0 Å². The van der Waals surface area contributed by atoms with Crippen LogP contribution >= 0.6 is 0 Å². The molecule has 0 fully saturated rings. The highest BCUT2D eigenvalue weighted by Crippen LogP contribution is 2.22. The van der Waals surface area contributed by atoms with E-state index in [0.717, 1.165) is 24.5 Å². The fourth-order valence-electron chi connectivity index (χ4n) is 2.69. The lowest BCUT2D eigenvalue weighted by Gasteiger charge is -2.26. The van der Waals surface area contributed by atoms with E-state index in [2.05, 4.69) is 43.9 Å². The summed E-state index contributed by atoms with van der Waals surface area (Å²) in [7, 11) is 0. The summed E-state index contributed by atoms with van der Waals surface area (Å²) in [6.45, 7) is 4.88. The van der Waals surface area contributed by atoms with Gasteiger partial charge in [-0.2, -0.15) is 0 Å². The summed E-state index contributed by atoms with van der Waals surface area (Å²) in [6.07, 6.45) is 4.33. The van der Waals surface area contributed by atoms with Crippen LogP contribution in [0.15, 0.2) is 12.5 Å². The van der Waals surface area contributed by atoms with Crippen molar-refractivity contribution >= 4 is 11.8 Å². The number of nitrogens with one attached hydrogen (secondary N) is 1. The Morgan fingerprint density at radius 2 is 2.27 bits per heavy atom. The van der Waals surface area contributed by atoms with Crippen LogP contribution in [0.5, 0.6) is 0 Å². The molecule has 1 aliphatic heterocycles. The van der Waals surface area contributed by atoms with Gasteiger partial charge in [0.15, 0.2) is 0 Å².